The van der Waals surface area contributed by atoms with Gasteiger partial charge >= 0.3 is 12.1 Å². The molecule has 2 amide bonds. The zero-order chi connectivity index (χ0) is 24.2. The Labute approximate surface area is 205 Å². The maximum Gasteiger partial charge on any atom is 0.411 e. The van der Waals surface area contributed by atoms with Crippen LogP contribution in [0.2, 0.25) is 0 Å². The molecule has 3 aromatic rings. The number of carboxylic acid groups (broad SMARTS) is 1. The van der Waals surface area contributed by atoms with Gasteiger partial charge in [0, 0.05) is 22.1 Å². The second-order valence-electron chi connectivity index (χ2n) is 8.12. The van der Waals surface area contributed by atoms with E-state index in [0.717, 1.165) is 22.3 Å². The van der Waals surface area contributed by atoms with Crippen LogP contribution in [0.3, 0.4) is 0 Å². The Morgan fingerprint density at radius 2 is 1.62 bits per heavy atom. The van der Waals surface area contributed by atoms with Crippen LogP contribution in [0.15, 0.2) is 71.2 Å². The van der Waals surface area contributed by atoms with Gasteiger partial charge in [-0.2, -0.15) is 0 Å². The molecule has 174 valence electrons. The summed E-state index contributed by atoms with van der Waals surface area (Å²) >= 11 is 3.32. The van der Waals surface area contributed by atoms with Crippen LogP contribution < -0.4 is 10.6 Å². The molecule has 0 bridgehead atoms. The van der Waals surface area contributed by atoms with Crippen LogP contribution in [-0.4, -0.2) is 35.7 Å². The number of amides is 2. The van der Waals surface area contributed by atoms with E-state index in [4.69, 9.17) is 9.84 Å². The molecule has 3 N–H and O–H groups in total. The first-order valence-electron chi connectivity index (χ1n) is 10.8. The Morgan fingerprint density at radius 3 is 2.24 bits per heavy atom. The second-order valence-corrected chi connectivity index (χ2v) is 8.97. The molecule has 0 fully saturated rings. The van der Waals surface area contributed by atoms with Gasteiger partial charge in [-0.3, -0.25) is 14.9 Å². The third kappa shape index (κ3) is 5.12. The van der Waals surface area contributed by atoms with Crippen LogP contribution in [0, 0.1) is 0 Å². The van der Waals surface area contributed by atoms with Gasteiger partial charge in [-0.05, 0) is 63.3 Å². The van der Waals surface area contributed by atoms with Crippen molar-refractivity contribution < 1.29 is 24.2 Å². The van der Waals surface area contributed by atoms with Crippen molar-refractivity contribution >= 4 is 39.6 Å². The van der Waals surface area contributed by atoms with Gasteiger partial charge < -0.3 is 15.2 Å². The van der Waals surface area contributed by atoms with Gasteiger partial charge in [-0.25, -0.2) is 4.79 Å². The first kappa shape index (κ1) is 23.5. The van der Waals surface area contributed by atoms with Gasteiger partial charge in [-0.15, -0.1) is 0 Å². The number of halogens is 1. The molecule has 1 atom stereocenters. The van der Waals surface area contributed by atoms with Crippen molar-refractivity contribution in [2.75, 3.05) is 11.9 Å². The average Bonchev–Trinajstić information content (AvgIpc) is 3.12. The minimum atomic E-state index is -1.00. The molecule has 1 aliphatic carbocycles. The summed E-state index contributed by atoms with van der Waals surface area (Å²) < 4.78 is 6.07. The van der Waals surface area contributed by atoms with E-state index in [0.29, 0.717) is 10.2 Å². The van der Waals surface area contributed by atoms with Crippen molar-refractivity contribution in [2.45, 2.75) is 25.3 Å². The maximum absolute atomic E-state index is 12.6. The SMILES string of the molecule is CC(CC(=O)O)NC(=O)c1cc(NC(=O)OCC2c3ccccc3-c3ccccc32)ccc1Br. The number of anilines is 1. The van der Waals surface area contributed by atoms with E-state index >= 15 is 0 Å². The van der Waals surface area contributed by atoms with Gasteiger partial charge in [0.1, 0.15) is 6.61 Å². The van der Waals surface area contributed by atoms with Gasteiger partial charge in [0.05, 0.1) is 12.0 Å². The van der Waals surface area contributed by atoms with E-state index in [9.17, 15) is 14.4 Å². The number of hydrogen-bond donors (Lipinski definition) is 3. The summed E-state index contributed by atoms with van der Waals surface area (Å²) in [6, 6.07) is 20.4. The summed E-state index contributed by atoms with van der Waals surface area (Å²) in [6.07, 6.45) is -0.823. The number of ether oxygens (including phenoxy) is 1. The lowest BCUT2D eigenvalue weighted by molar-refractivity contribution is -0.137. The number of aliphatic carboxylic acids is 1. The molecule has 8 heteroatoms. The summed E-state index contributed by atoms with van der Waals surface area (Å²) in [5.41, 5.74) is 5.19. The minimum Gasteiger partial charge on any atom is -0.481 e. The standard InChI is InChI=1S/C26H23BrN2O5/c1-15(12-24(30)31)28-25(32)21-13-16(10-11-23(21)27)29-26(33)34-14-22-19-8-4-2-6-17(19)18-7-3-5-9-20(18)22/h2-11,13,15,22H,12,14H2,1H3,(H,28,32)(H,29,33)(H,30,31). The predicted molar refractivity (Wildman–Crippen MR) is 132 cm³/mol. The van der Waals surface area contributed by atoms with Crippen LogP contribution >= 0.6 is 15.9 Å². The zero-order valence-corrected chi connectivity index (χ0v) is 20.0. The topological polar surface area (TPSA) is 105 Å². The van der Waals surface area contributed by atoms with Gasteiger partial charge in [-0.1, -0.05) is 48.5 Å². The summed E-state index contributed by atoms with van der Waals surface area (Å²) in [4.78, 5) is 35.9. The number of carboxylic acids is 1. The number of nitrogens with one attached hydrogen (secondary N) is 2. The van der Waals surface area contributed by atoms with E-state index in [1.54, 1.807) is 19.1 Å². The molecule has 3 aromatic carbocycles. The molecular formula is C26H23BrN2O5. The molecule has 0 heterocycles. The van der Waals surface area contributed by atoms with E-state index in [1.165, 1.54) is 6.07 Å². The second kappa shape index (κ2) is 10.1. The molecule has 7 nitrogen and oxygen atoms in total. The Hall–Kier alpha value is -3.65. The zero-order valence-electron chi connectivity index (χ0n) is 18.4. The Balaban J connectivity index is 1.42. The summed E-state index contributed by atoms with van der Waals surface area (Å²) in [6.45, 7) is 1.79. The molecule has 1 aliphatic rings. The molecule has 0 aromatic heterocycles. The number of carbonyl (C=O) groups excluding carboxylic acids is 2. The van der Waals surface area contributed by atoms with Gasteiger partial charge in [0.15, 0.2) is 0 Å². The van der Waals surface area contributed by atoms with Crippen molar-refractivity contribution in [1.29, 1.82) is 0 Å². The average molecular weight is 523 g/mol. The molecule has 4 rings (SSSR count). The number of carbonyl (C=O) groups is 3. The summed E-state index contributed by atoms with van der Waals surface area (Å²) in [5.74, 6) is -1.51. The van der Waals surface area contributed by atoms with Crippen LogP contribution in [0.4, 0.5) is 10.5 Å². The third-order valence-corrected chi connectivity index (χ3v) is 6.35. The third-order valence-electron chi connectivity index (χ3n) is 5.66. The molecule has 0 radical (unpaired) electrons. The largest absolute Gasteiger partial charge is 0.481 e. The van der Waals surface area contributed by atoms with Crippen molar-refractivity contribution in [1.82, 2.24) is 5.32 Å². The number of fused-ring (bicyclic) bond motifs is 3. The fourth-order valence-electron chi connectivity index (χ4n) is 4.14. The first-order valence-corrected chi connectivity index (χ1v) is 11.6. The Bertz CT molecular complexity index is 1210. The summed E-state index contributed by atoms with van der Waals surface area (Å²) in [7, 11) is 0. The quantitative estimate of drug-likeness (QED) is 0.385. The lowest BCUT2D eigenvalue weighted by Gasteiger charge is -2.15. The Morgan fingerprint density at radius 1 is 1.00 bits per heavy atom. The van der Waals surface area contributed by atoms with E-state index in [-0.39, 0.29) is 24.5 Å². The normalized spacial score (nSPS) is 12.9. The highest BCUT2D eigenvalue weighted by Gasteiger charge is 2.29. The fraction of sp³-hybridized carbons (Fsp3) is 0.192. The minimum absolute atomic E-state index is 0.0554. The van der Waals surface area contributed by atoms with Crippen molar-refractivity contribution in [3.63, 3.8) is 0 Å². The highest BCUT2D eigenvalue weighted by atomic mass is 79.9. The van der Waals surface area contributed by atoms with Crippen molar-refractivity contribution in [3.05, 3.63) is 87.9 Å². The van der Waals surface area contributed by atoms with E-state index in [2.05, 4.69) is 38.7 Å². The Kier molecular flexibility index (Phi) is 6.98. The molecule has 0 saturated carbocycles. The molecule has 1 unspecified atom stereocenters. The molecule has 0 saturated heterocycles. The van der Waals surface area contributed by atoms with Crippen LogP contribution in [0.5, 0.6) is 0 Å². The van der Waals surface area contributed by atoms with E-state index < -0.39 is 24.0 Å². The number of rotatable bonds is 7. The molecule has 34 heavy (non-hydrogen) atoms. The fourth-order valence-corrected chi connectivity index (χ4v) is 4.57. The smallest absolute Gasteiger partial charge is 0.411 e. The monoisotopic (exact) mass is 522 g/mol. The van der Waals surface area contributed by atoms with E-state index in [1.807, 2.05) is 36.4 Å². The number of hydrogen-bond acceptors (Lipinski definition) is 4. The molecular weight excluding hydrogens is 500 g/mol. The van der Waals surface area contributed by atoms with Gasteiger partial charge in [0.25, 0.3) is 5.91 Å². The maximum atomic E-state index is 12.6. The molecule has 0 aliphatic heterocycles. The van der Waals surface area contributed by atoms with Crippen molar-refractivity contribution in [2.24, 2.45) is 0 Å². The van der Waals surface area contributed by atoms with Gasteiger partial charge in [0.2, 0.25) is 0 Å². The first-order chi connectivity index (χ1) is 16.3. The van der Waals surface area contributed by atoms with Crippen LogP contribution in [0.1, 0.15) is 40.7 Å². The summed E-state index contributed by atoms with van der Waals surface area (Å²) in [5, 5.41) is 14.2. The van der Waals surface area contributed by atoms with Crippen LogP contribution in [-0.2, 0) is 9.53 Å². The highest BCUT2D eigenvalue weighted by molar-refractivity contribution is 9.10. The van der Waals surface area contributed by atoms with Crippen LogP contribution in [0.25, 0.3) is 11.1 Å². The lowest BCUT2D eigenvalue weighted by atomic mass is 9.98. The predicted octanol–water partition coefficient (Wildman–Crippen LogP) is 5.40. The number of benzene rings is 3. The molecule has 0 spiro atoms. The van der Waals surface area contributed by atoms with Crippen molar-refractivity contribution in [3.8, 4) is 11.1 Å². The highest BCUT2D eigenvalue weighted by Crippen LogP contribution is 2.44. The lowest BCUT2D eigenvalue weighted by Crippen LogP contribution is -2.34.